The van der Waals surface area contributed by atoms with Gasteiger partial charge in [-0.15, -0.1) is 0 Å². The Labute approximate surface area is 119 Å². The summed E-state index contributed by atoms with van der Waals surface area (Å²) >= 11 is 0. The second kappa shape index (κ2) is 5.38. The Bertz CT molecular complexity index is 506. The van der Waals surface area contributed by atoms with Crippen LogP contribution >= 0.6 is 0 Å². The second-order valence-corrected chi connectivity index (χ2v) is 6.07. The van der Waals surface area contributed by atoms with Crippen molar-refractivity contribution in [2.75, 3.05) is 25.6 Å². The number of ether oxygens (including phenoxy) is 1. The molecule has 0 amide bonds. The summed E-state index contributed by atoms with van der Waals surface area (Å²) in [6, 6.07) is 0. The highest BCUT2D eigenvalue weighted by Gasteiger charge is 2.39. The molecule has 2 fully saturated rings. The summed E-state index contributed by atoms with van der Waals surface area (Å²) in [5, 5.41) is 0. The van der Waals surface area contributed by atoms with Crippen LogP contribution in [0.4, 0.5) is 5.82 Å². The Balaban J connectivity index is 1.67. The second-order valence-electron chi connectivity index (χ2n) is 6.07. The van der Waals surface area contributed by atoms with E-state index in [1.165, 1.54) is 39.0 Å². The van der Waals surface area contributed by atoms with Crippen LogP contribution in [0.3, 0.4) is 0 Å². The standard InChI is InChI=1S/C15H21N3O2/c1-18(9-12-6-10-3-4-11(12)5-10)14-8-16-7-13(17-14)15(19)20-2/h7-8,10-12H,3-6,9H2,1-2H3. The maximum absolute atomic E-state index is 11.5. The molecule has 2 aliphatic carbocycles. The molecule has 108 valence electrons. The topological polar surface area (TPSA) is 55.3 Å². The number of methoxy groups -OCH3 is 1. The van der Waals surface area contributed by atoms with Gasteiger partial charge >= 0.3 is 5.97 Å². The van der Waals surface area contributed by atoms with Crippen LogP contribution in [0.5, 0.6) is 0 Å². The molecule has 2 saturated carbocycles. The molecule has 0 radical (unpaired) electrons. The molecule has 2 aliphatic rings. The Hall–Kier alpha value is -1.65. The van der Waals surface area contributed by atoms with Crippen LogP contribution in [0, 0.1) is 17.8 Å². The number of hydrogen-bond donors (Lipinski definition) is 0. The van der Waals surface area contributed by atoms with Crippen molar-refractivity contribution in [3.05, 3.63) is 18.1 Å². The zero-order chi connectivity index (χ0) is 14.1. The van der Waals surface area contributed by atoms with Gasteiger partial charge in [0.1, 0.15) is 5.82 Å². The lowest BCUT2D eigenvalue weighted by atomic mass is 9.88. The van der Waals surface area contributed by atoms with Gasteiger partial charge in [-0.3, -0.25) is 4.98 Å². The predicted molar refractivity (Wildman–Crippen MR) is 75.6 cm³/mol. The number of esters is 1. The quantitative estimate of drug-likeness (QED) is 0.788. The first-order valence-corrected chi connectivity index (χ1v) is 7.29. The lowest BCUT2D eigenvalue weighted by Crippen LogP contribution is -2.29. The van der Waals surface area contributed by atoms with Crippen LogP contribution in [-0.4, -0.2) is 36.6 Å². The maximum atomic E-state index is 11.5. The fourth-order valence-corrected chi connectivity index (χ4v) is 3.79. The number of nitrogens with zero attached hydrogens (tertiary/aromatic N) is 3. The minimum Gasteiger partial charge on any atom is -0.464 e. The lowest BCUT2D eigenvalue weighted by molar-refractivity contribution is 0.0593. The van der Waals surface area contributed by atoms with E-state index in [1.807, 2.05) is 7.05 Å². The number of carbonyl (C=O) groups excluding carboxylic acids is 1. The predicted octanol–water partition coefficient (Wildman–Crippen LogP) is 2.14. The first-order valence-electron chi connectivity index (χ1n) is 7.29. The van der Waals surface area contributed by atoms with E-state index in [-0.39, 0.29) is 5.69 Å². The van der Waals surface area contributed by atoms with Gasteiger partial charge < -0.3 is 9.64 Å². The molecule has 3 unspecified atom stereocenters. The summed E-state index contributed by atoms with van der Waals surface area (Å²) in [5.74, 6) is 2.91. The molecule has 2 bridgehead atoms. The maximum Gasteiger partial charge on any atom is 0.358 e. The monoisotopic (exact) mass is 275 g/mol. The van der Waals surface area contributed by atoms with Crippen molar-refractivity contribution >= 4 is 11.8 Å². The molecule has 0 aromatic carbocycles. The van der Waals surface area contributed by atoms with E-state index in [0.717, 1.165) is 30.1 Å². The molecule has 0 saturated heterocycles. The van der Waals surface area contributed by atoms with Crippen LogP contribution in [-0.2, 0) is 4.74 Å². The smallest absolute Gasteiger partial charge is 0.358 e. The first kappa shape index (κ1) is 13.3. The number of carbonyl (C=O) groups is 1. The molecular formula is C15H21N3O2. The van der Waals surface area contributed by atoms with Crippen LogP contribution in [0.25, 0.3) is 0 Å². The zero-order valence-corrected chi connectivity index (χ0v) is 12.1. The minimum atomic E-state index is -0.437. The average Bonchev–Trinajstić information content (AvgIpc) is 3.09. The van der Waals surface area contributed by atoms with E-state index in [2.05, 4.69) is 19.6 Å². The van der Waals surface area contributed by atoms with Crippen molar-refractivity contribution in [3.63, 3.8) is 0 Å². The van der Waals surface area contributed by atoms with Crippen LogP contribution in [0.2, 0.25) is 0 Å². The molecule has 1 aromatic heterocycles. The number of aromatic nitrogens is 2. The first-order chi connectivity index (χ1) is 9.67. The van der Waals surface area contributed by atoms with Gasteiger partial charge in [0.25, 0.3) is 0 Å². The number of fused-ring (bicyclic) bond motifs is 2. The highest BCUT2D eigenvalue weighted by molar-refractivity contribution is 5.87. The Morgan fingerprint density at radius 3 is 2.90 bits per heavy atom. The SMILES string of the molecule is COC(=O)c1cncc(N(C)CC2CC3CCC2C3)n1. The molecule has 20 heavy (non-hydrogen) atoms. The number of rotatable bonds is 4. The molecule has 3 atom stereocenters. The van der Waals surface area contributed by atoms with Gasteiger partial charge in [-0.05, 0) is 37.0 Å². The van der Waals surface area contributed by atoms with E-state index in [4.69, 9.17) is 0 Å². The summed E-state index contributed by atoms with van der Waals surface area (Å²) < 4.78 is 4.68. The summed E-state index contributed by atoms with van der Waals surface area (Å²) in [5.41, 5.74) is 0.268. The third kappa shape index (κ3) is 2.49. The molecule has 0 spiro atoms. The summed E-state index contributed by atoms with van der Waals surface area (Å²) in [7, 11) is 3.38. The zero-order valence-electron chi connectivity index (χ0n) is 12.1. The van der Waals surface area contributed by atoms with Crippen molar-refractivity contribution in [2.24, 2.45) is 17.8 Å². The number of anilines is 1. The van der Waals surface area contributed by atoms with Crippen LogP contribution < -0.4 is 4.90 Å². The van der Waals surface area contributed by atoms with Gasteiger partial charge in [-0.2, -0.15) is 0 Å². The lowest BCUT2D eigenvalue weighted by Gasteiger charge is -2.27. The van der Waals surface area contributed by atoms with Gasteiger partial charge in [-0.25, -0.2) is 9.78 Å². The van der Waals surface area contributed by atoms with Crippen LogP contribution in [0.15, 0.2) is 12.4 Å². The largest absolute Gasteiger partial charge is 0.464 e. The Morgan fingerprint density at radius 1 is 1.40 bits per heavy atom. The molecule has 0 N–H and O–H groups in total. The van der Waals surface area contributed by atoms with Crippen molar-refractivity contribution in [1.82, 2.24) is 9.97 Å². The van der Waals surface area contributed by atoms with Gasteiger partial charge in [0.15, 0.2) is 5.69 Å². The molecule has 0 aliphatic heterocycles. The highest BCUT2D eigenvalue weighted by atomic mass is 16.5. The molecular weight excluding hydrogens is 254 g/mol. The fraction of sp³-hybridized carbons (Fsp3) is 0.667. The van der Waals surface area contributed by atoms with Crippen molar-refractivity contribution in [3.8, 4) is 0 Å². The molecule has 5 nitrogen and oxygen atoms in total. The van der Waals surface area contributed by atoms with Gasteiger partial charge in [0.05, 0.1) is 19.5 Å². The third-order valence-electron chi connectivity index (χ3n) is 4.80. The van der Waals surface area contributed by atoms with E-state index < -0.39 is 5.97 Å². The van der Waals surface area contributed by atoms with Crippen molar-refractivity contribution < 1.29 is 9.53 Å². The molecule has 1 heterocycles. The molecule has 5 heteroatoms. The average molecular weight is 275 g/mol. The van der Waals surface area contributed by atoms with Gasteiger partial charge in [0, 0.05) is 13.6 Å². The Kier molecular flexibility index (Phi) is 3.59. The van der Waals surface area contributed by atoms with Gasteiger partial charge in [0.2, 0.25) is 0 Å². The molecule has 1 aromatic rings. The minimum absolute atomic E-state index is 0.268. The van der Waals surface area contributed by atoms with Crippen molar-refractivity contribution in [1.29, 1.82) is 0 Å². The summed E-state index contributed by atoms with van der Waals surface area (Å²) in [6.45, 7) is 1.00. The summed E-state index contributed by atoms with van der Waals surface area (Å²) in [4.78, 5) is 22.0. The van der Waals surface area contributed by atoms with Crippen molar-refractivity contribution in [2.45, 2.75) is 25.7 Å². The van der Waals surface area contributed by atoms with E-state index in [1.54, 1.807) is 6.20 Å². The normalized spacial score (nSPS) is 27.6. The number of hydrogen-bond acceptors (Lipinski definition) is 5. The van der Waals surface area contributed by atoms with Crippen LogP contribution in [0.1, 0.15) is 36.2 Å². The van der Waals surface area contributed by atoms with E-state index in [0.29, 0.717) is 0 Å². The third-order valence-corrected chi connectivity index (χ3v) is 4.80. The van der Waals surface area contributed by atoms with E-state index in [9.17, 15) is 4.79 Å². The van der Waals surface area contributed by atoms with Gasteiger partial charge in [-0.1, -0.05) is 6.42 Å². The highest BCUT2D eigenvalue weighted by Crippen LogP contribution is 2.48. The van der Waals surface area contributed by atoms with E-state index >= 15 is 0 Å². The molecule has 3 rings (SSSR count). The summed E-state index contributed by atoms with van der Waals surface area (Å²) in [6.07, 6.45) is 8.71. The Morgan fingerprint density at radius 2 is 2.25 bits per heavy atom. The fourth-order valence-electron chi connectivity index (χ4n) is 3.79.